The van der Waals surface area contributed by atoms with Gasteiger partial charge < -0.3 is 9.47 Å². The van der Waals surface area contributed by atoms with Crippen LogP contribution >= 0.6 is 0 Å². The quantitative estimate of drug-likeness (QED) is 0.270. The van der Waals surface area contributed by atoms with Crippen LogP contribution in [-0.2, 0) is 9.53 Å². The molecule has 0 radical (unpaired) electrons. The molecule has 0 aromatic heterocycles. The van der Waals surface area contributed by atoms with Crippen LogP contribution in [0.1, 0.15) is 102 Å². The molecule has 0 N–H and O–H groups in total. The maximum absolute atomic E-state index is 13.8. The van der Waals surface area contributed by atoms with Crippen LogP contribution in [0.2, 0.25) is 0 Å². The molecule has 0 heterocycles. The smallest absolute Gasteiger partial charge is 0.314 e. The molecular formula is C30H41F2NO3. The molecule has 36 heavy (non-hydrogen) atoms. The maximum Gasteiger partial charge on any atom is 0.314 e. The molecule has 6 heteroatoms. The highest BCUT2D eigenvalue weighted by molar-refractivity contribution is 5.75. The van der Waals surface area contributed by atoms with Gasteiger partial charge in [0.2, 0.25) is 0 Å². The lowest BCUT2D eigenvalue weighted by molar-refractivity contribution is -0.140. The first kappa shape index (κ1) is 27.0. The van der Waals surface area contributed by atoms with E-state index in [0.29, 0.717) is 17.9 Å². The fourth-order valence-electron chi connectivity index (χ4n) is 6.84. The number of hydrogen-bond acceptors (Lipinski definition) is 4. The van der Waals surface area contributed by atoms with Crippen LogP contribution in [0, 0.1) is 52.6 Å². The first-order chi connectivity index (χ1) is 17.5. The van der Waals surface area contributed by atoms with Crippen molar-refractivity contribution in [2.45, 2.75) is 103 Å². The number of esters is 1. The Bertz CT molecular complexity index is 882. The highest BCUT2D eigenvalue weighted by Crippen LogP contribution is 2.41. The molecule has 3 fully saturated rings. The van der Waals surface area contributed by atoms with Crippen molar-refractivity contribution < 1.29 is 23.0 Å². The summed E-state index contributed by atoms with van der Waals surface area (Å²) in [6.45, 7) is 3.23. The van der Waals surface area contributed by atoms with Crippen LogP contribution in [0.15, 0.2) is 12.1 Å². The summed E-state index contributed by atoms with van der Waals surface area (Å²) in [4.78, 5) is 12.6. The van der Waals surface area contributed by atoms with E-state index in [1.165, 1.54) is 57.4 Å². The Hall–Kier alpha value is -2.00. The number of ether oxygens (including phenoxy) is 2. The molecule has 3 aliphatic rings. The van der Waals surface area contributed by atoms with E-state index in [0.717, 1.165) is 69.1 Å². The number of nitriles is 1. The summed E-state index contributed by atoms with van der Waals surface area (Å²) < 4.78 is 39.2. The number of hydrogen-bond donors (Lipinski definition) is 0. The molecule has 0 unspecified atom stereocenters. The number of carbonyl (C=O) groups is 1. The van der Waals surface area contributed by atoms with Gasteiger partial charge in [-0.1, -0.05) is 32.6 Å². The molecule has 3 saturated carbocycles. The third kappa shape index (κ3) is 7.06. The van der Waals surface area contributed by atoms with Crippen LogP contribution in [0.25, 0.3) is 0 Å². The van der Waals surface area contributed by atoms with Crippen molar-refractivity contribution in [3.63, 3.8) is 0 Å². The molecule has 0 bridgehead atoms. The van der Waals surface area contributed by atoms with Gasteiger partial charge in [-0.25, -0.2) is 8.78 Å². The van der Waals surface area contributed by atoms with Crippen LogP contribution in [-0.4, -0.2) is 18.7 Å². The van der Waals surface area contributed by atoms with E-state index in [-0.39, 0.29) is 11.7 Å². The zero-order chi connectivity index (χ0) is 25.5. The van der Waals surface area contributed by atoms with Gasteiger partial charge >= 0.3 is 5.97 Å². The maximum atomic E-state index is 13.8. The minimum Gasteiger partial charge on any atom is -0.426 e. The van der Waals surface area contributed by atoms with E-state index >= 15 is 0 Å². The van der Waals surface area contributed by atoms with Crippen LogP contribution < -0.4 is 4.74 Å². The van der Waals surface area contributed by atoms with Crippen molar-refractivity contribution in [1.82, 2.24) is 0 Å². The Labute approximate surface area is 214 Å². The van der Waals surface area contributed by atoms with Gasteiger partial charge in [0, 0.05) is 18.7 Å². The summed E-state index contributed by atoms with van der Waals surface area (Å²) in [5, 5.41) is 8.78. The van der Waals surface area contributed by atoms with Crippen molar-refractivity contribution in [3.05, 3.63) is 29.3 Å². The zero-order valence-electron chi connectivity index (χ0n) is 21.7. The van der Waals surface area contributed by atoms with Crippen molar-refractivity contribution in [1.29, 1.82) is 5.26 Å². The van der Waals surface area contributed by atoms with E-state index in [1.807, 2.05) is 0 Å². The van der Waals surface area contributed by atoms with Gasteiger partial charge in [0.15, 0.2) is 0 Å². The monoisotopic (exact) mass is 501 g/mol. The standard InChI is InChI=1S/C30H41F2NO3/c1-2-3-20-4-6-21(7-5-20)19-35-25-14-12-23(13-15-25)22-8-10-24(11-9-22)30(34)36-26-16-28(31)27(18-33)29(32)17-26/h16-17,20-25H,2-15,19H2,1H3. The highest BCUT2D eigenvalue weighted by atomic mass is 19.1. The minimum atomic E-state index is -1.01. The second-order valence-corrected chi connectivity index (χ2v) is 11.5. The van der Waals surface area contributed by atoms with Gasteiger partial charge in [-0.2, -0.15) is 5.26 Å². The number of benzene rings is 1. The van der Waals surface area contributed by atoms with Crippen molar-refractivity contribution in [2.75, 3.05) is 6.61 Å². The molecule has 0 spiro atoms. The Balaban J connectivity index is 1.14. The van der Waals surface area contributed by atoms with Gasteiger partial charge in [-0.3, -0.25) is 4.79 Å². The summed E-state index contributed by atoms with van der Waals surface area (Å²) in [6.07, 6.45) is 16.7. The Morgan fingerprint density at radius 2 is 1.44 bits per heavy atom. The lowest BCUT2D eigenvalue weighted by Gasteiger charge is -2.37. The third-order valence-corrected chi connectivity index (χ3v) is 9.07. The first-order valence-electron chi connectivity index (χ1n) is 14.2. The number of carbonyl (C=O) groups excluding carboxylic acids is 1. The summed E-state index contributed by atoms with van der Waals surface area (Å²) >= 11 is 0. The lowest BCUT2D eigenvalue weighted by Crippen LogP contribution is -2.32. The van der Waals surface area contributed by atoms with Gasteiger partial charge in [0.05, 0.1) is 12.0 Å². The van der Waals surface area contributed by atoms with Gasteiger partial charge in [0.25, 0.3) is 0 Å². The summed E-state index contributed by atoms with van der Waals surface area (Å²) in [6, 6.07) is 3.29. The molecule has 0 amide bonds. The molecule has 1 aromatic carbocycles. The number of halogens is 2. The van der Waals surface area contributed by atoms with Crippen LogP contribution in [0.4, 0.5) is 8.78 Å². The van der Waals surface area contributed by atoms with Gasteiger partial charge in [-0.05, 0) is 87.9 Å². The van der Waals surface area contributed by atoms with Gasteiger partial charge in [-0.15, -0.1) is 0 Å². The molecule has 4 nitrogen and oxygen atoms in total. The van der Waals surface area contributed by atoms with E-state index in [4.69, 9.17) is 14.7 Å². The molecule has 198 valence electrons. The Morgan fingerprint density at radius 3 is 2.00 bits per heavy atom. The summed E-state index contributed by atoms with van der Waals surface area (Å²) in [7, 11) is 0. The number of nitrogens with zero attached hydrogens (tertiary/aromatic N) is 1. The molecule has 0 saturated heterocycles. The molecular weight excluding hydrogens is 460 g/mol. The topological polar surface area (TPSA) is 59.3 Å². The lowest BCUT2D eigenvalue weighted by atomic mass is 9.70. The largest absolute Gasteiger partial charge is 0.426 e. The van der Waals surface area contributed by atoms with Gasteiger partial charge in [0.1, 0.15) is 29.0 Å². The van der Waals surface area contributed by atoms with Crippen molar-refractivity contribution in [3.8, 4) is 11.8 Å². The second-order valence-electron chi connectivity index (χ2n) is 11.5. The predicted octanol–water partition coefficient (Wildman–Crippen LogP) is 7.73. The normalized spacial score (nSPS) is 30.9. The fraction of sp³-hybridized carbons (Fsp3) is 0.733. The van der Waals surface area contributed by atoms with Crippen molar-refractivity contribution >= 4 is 5.97 Å². The van der Waals surface area contributed by atoms with Crippen molar-refractivity contribution in [2.24, 2.45) is 29.6 Å². The molecule has 3 aliphatic carbocycles. The van der Waals surface area contributed by atoms with E-state index in [2.05, 4.69) is 6.92 Å². The second kappa shape index (κ2) is 13.0. The Morgan fingerprint density at radius 1 is 0.889 bits per heavy atom. The fourth-order valence-corrected chi connectivity index (χ4v) is 6.84. The number of rotatable bonds is 8. The third-order valence-electron chi connectivity index (χ3n) is 9.07. The summed E-state index contributed by atoms with van der Waals surface area (Å²) in [5.74, 6) is 0.160. The average molecular weight is 502 g/mol. The van der Waals surface area contributed by atoms with Crippen LogP contribution in [0.3, 0.4) is 0 Å². The zero-order valence-corrected chi connectivity index (χ0v) is 21.7. The molecule has 1 aromatic rings. The van der Waals surface area contributed by atoms with Crippen LogP contribution in [0.5, 0.6) is 5.75 Å². The SMILES string of the molecule is CCCC1CCC(COC2CCC(C3CCC(C(=O)Oc4cc(F)c(C#N)c(F)c4)CC3)CC2)CC1. The predicted molar refractivity (Wildman–Crippen MR) is 134 cm³/mol. The first-order valence-corrected chi connectivity index (χ1v) is 14.2. The van der Waals surface area contributed by atoms with E-state index < -0.39 is 23.2 Å². The Kier molecular flexibility index (Phi) is 9.76. The molecule has 0 aliphatic heterocycles. The molecule has 4 rings (SSSR count). The van der Waals surface area contributed by atoms with E-state index in [1.54, 1.807) is 0 Å². The van der Waals surface area contributed by atoms with E-state index in [9.17, 15) is 13.6 Å². The summed E-state index contributed by atoms with van der Waals surface area (Å²) in [5.41, 5.74) is -0.662. The highest BCUT2D eigenvalue weighted by Gasteiger charge is 2.34. The minimum absolute atomic E-state index is 0.177. The average Bonchev–Trinajstić information content (AvgIpc) is 2.89. The molecule has 0 atom stereocenters.